The lowest BCUT2D eigenvalue weighted by molar-refractivity contribution is -0.121. The lowest BCUT2D eigenvalue weighted by Gasteiger charge is -2.16. The van der Waals surface area contributed by atoms with E-state index in [9.17, 15) is 9.59 Å². The average Bonchev–Trinajstić information content (AvgIpc) is 2.99. The molecule has 0 aromatic rings. The first-order chi connectivity index (χ1) is 10.2. The molecule has 5 nitrogen and oxygen atoms in total. The van der Waals surface area contributed by atoms with Crippen molar-refractivity contribution in [3.63, 3.8) is 0 Å². The van der Waals surface area contributed by atoms with Crippen LogP contribution < -0.4 is 16.0 Å². The predicted octanol–water partition coefficient (Wildman–Crippen LogP) is 2.02. The second-order valence-corrected chi connectivity index (χ2v) is 7.20. The zero-order chi connectivity index (χ0) is 15.1. The molecule has 2 aliphatic heterocycles. The molecule has 0 radical (unpaired) electrons. The maximum atomic E-state index is 11.6. The molecule has 0 spiro atoms. The van der Waals surface area contributed by atoms with Gasteiger partial charge in [0, 0.05) is 24.0 Å². The van der Waals surface area contributed by atoms with Crippen molar-refractivity contribution in [3.05, 3.63) is 0 Å². The summed E-state index contributed by atoms with van der Waals surface area (Å²) in [6.45, 7) is 2.97. The van der Waals surface area contributed by atoms with Crippen LogP contribution in [0, 0.1) is 0 Å². The highest BCUT2D eigenvalue weighted by atomic mass is 32.2. The summed E-state index contributed by atoms with van der Waals surface area (Å²) in [5.41, 5.74) is 0. The normalized spacial score (nSPS) is 27.1. The number of hydrogen-bond acceptors (Lipinski definition) is 3. The van der Waals surface area contributed by atoms with E-state index in [0.29, 0.717) is 17.7 Å². The number of amides is 3. The second kappa shape index (κ2) is 8.51. The van der Waals surface area contributed by atoms with Gasteiger partial charge in [0.05, 0.1) is 12.1 Å². The minimum Gasteiger partial charge on any atom is -0.356 e. The molecule has 120 valence electrons. The number of thioether (sulfide) groups is 1. The summed E-state index contributed by atoms with van der Waals surface area (Å²) in [6, 6.07) is 0.557. The zero-order valence-corrected chi connectivity index (χ0v) is 13.6. The van der Waals surface area contributed by atoms with Gasteiger partial charge in [-0.05, 0) is 19.3 Å². The molecule has 0 aromatic carbocycles. The first-order valence-corrected chi connectivity index (χ1v) is 9.21. The number of rotatable bonds is 9. The molecule has 0 saturated carbocycles. The smallest absolute Gasteiger partial charge is 0.315 e. The predicted molar refractivity (Wildman–Crippen MR) is 86.5 cm³/mol. The fourth-order valence-corrected chi connectivity index (χ4v) is 4.51. The monoisotopic (exact) mass is 313 g/mol. The molecule has 21 heavy (non-hydrogen) atoms. The van der Waals surface area contributed by atoms with Crippen molar-refractivity contribution in [2.75, 3.05) is 12.3 Å². The Labute approximate surface area is 131 Å². The van der Waals surface area contributed by atoms with E-state index in [1.54, 1.807) is 0 Å². The third-order valence-electron chi connectivity index (χ3n) is 4.18. The van der Waals surface area contributed by atoms with Crippen molar-refractivity contribution in [2.45, 2.75) is 69.2 Å². The van der Waals surface area contributed by atoms with Crippen LogP contribution in [0.4, 0.5) is 4.79 Å². The third kappa shape index (κ3) is 5.09. The number of nitrogens with one attached hydrogen (secondary N) is 3. The van der Waals surface area contributed by atoms with Gasteiger partial charge in [0.15, 0.2) is 0 Å². The molecule has 3 amide bonds. The Morgan fingerprint density at radius 3 is 2.95 bits per heavy atom. The molecule has 3 N–H and O–H groups in total. The molecule has 6 heteroatoms. The number of unbranched alkanes of at least 4 members (excludes halogenated alkanes) is 3. The molecule has 0 aromatic heterocycles. The fraction of sp³-hybridized carbons (Fsp3) is 0.867. The number of urea groups is 1. The van der Waals surface area contributed by atoms with Gasteiger partial charge in [-0.25, -0.2) is 4.79 Å². The molecule has 3 unspecified atom stereocenters. The topological polar surface area (TPSA) is 70.2 Å². The van der Waals surface area contributed by atoms with Gasteiger partial charge in [-0.1, -0.05) is 26.2 Å². The van der Waals surface area contributed by atoms with E-state index in [2.05, 4.69) is 22.9 Å². The Morgan fingerprint density at radius 1 is 1.29 bits per heavy atom. The zero-order valence-electron chi connectivity index (χ0n) is 12.8. The van der Waals surface area contributed by atoms with E-state index in [1.165, 1.54) is 12.8 Å². The van der Waals surface area contributed by atoms with Gasteiger partial charge in [-0.2, -0.15) is 11.8 Å². The summed E-state index contributed by atoms with van der Waals surface area (Å²) in [6.07, 6.45) is 7.15. The molecule has 2 aliphatic rings. The van der Waals surface area contributed by atoms with Crippen molar-refractivity contribution in [2.24, 2.45) is 0 Å². The lowest BCUT2D eigenvalue weighted by Crippen LogP contribution is -2.36. The van der Waals surface area contributed by atoms with Gasteiger partial charge in [-0.3, -0.25) is 4.79 Å². The van der Waals surface area contributed by atoms with E-state index in [1.807, 2.05) is 11.8 Å². The van der Waals surface area contributed by atoms with Gasteiger partial charge in [-0.15, -0.1) is 0 Å². The summed E-state index contributed by atoms with van der Waals surface area (Å²) in [7, 11) is 0. The van der Waals surface area contributed by atoms with Crippen LogP contribution in [-0.4, -0.2) is 41.6 Å². The molecular weight excluding hydrogens is 286 g/mol. The standard InChI is InChI=1S/C15H27N3O2S/c1-2-3-6-9-16-13(19)8-5-4-7-12-14-11(10-21-12)17-15(20)18-14/h11-12,14H,2-10H2,1H3,(H,16,19)(H2,17,18,20). The molecule has 2 fully saturated rings. The van der Waals surface area contributed by atoms with Crippen LogP contribution in [0.2, 0.25) is 0 Å². The number of carbonyl (C=O) groups is 2. The van der Waals surface area contributed by atoms with Gasteiger partial charge in [0.1, 0.15) is 0 Å². The van der Waals surface area contributed by atoms with Gasteiger partial charge >= 0.3 is 6.03 Å². The summed E-state index contributed by atoms with van der Waals surface area (Å²) in [5, 5.41) is 9.44. The molecule has 2 saturated heterocycles. The molecule has 0 aliphatic carbocycles. The summed E-state index contributed by atoms with van der Waals surface area (Å²) < 4.78 is 0. The van der Waals surface area contributed by atoms with Crippen LogP contribution in [0.3, 0.4) is 0 Å². The number of hydrogen-bond donors (Lipinski definition) is 3. The molecule has 2 rings (SSSR count). The Kier molecular flexibility index (Phi) is 6.67. The van der Waals surface area contributed by atoms with E-state index in [4.69, 9.17) is 0 Å². The van der Waals surface area contributed by atoms with Crippen LogP contribution in [0.25, 0.3) is 0 Å². The van der Waals surface area contributed by atoms with Crippen LogP contribution in [0.15, 0.2) is 0 Å². The maximum absolute atomic E-state index is 11.6. The molecule has 2 heterocycles. The Hall–Kier alpha value is -0.910. The largest absolute Gasteiger partial charge is 0.356 e. The quantitative estimate of drug-likeness (QED) is 0.450. The third-order valence-corrected chi connectivity index (χ3v) is 5.69. The van der Waals surface area contributed by atoms with Crippen molar-refractivity contribution >= 4 is 23.7 Å². The van der Waals surface area contributed by atoms with E-state index in [0.717, 1.165) is 38.0 Å². The summed E-state index contributed by atoms with van der Waals surface area (Å²) in [4.78, 5) is 22.9. The van der Waals surface area contributed by atoms with Gasteiger partial charge in [0.2, 0.25) is 5.91 Å². The van der Waals surface area contributed by atoms with Crippen molar-refractivity contribution in [1.82, 2.24) is 16.0 Å². The van der Waals surface area contributed by atoms with Crippen molar-refractivity contribution in [1.29, 1.82) is 0 Å². The minimum absolute atomic E-state index is 0.0262. The SMILES string of the molecule is CCCCCNC(=O)CCCCC1SCC2NC(=O)NC21. The highest BCUT2D eigenvalue weighted by Gasteiger charge is 2.42. The minimum atomic E-state index is -0.0262. The average molecular weight is 313 g/mol. The fourth-order valence-electron chi connectivity index (χ4n) is 2.97. The summed E-state index contributed by atoms with van der Waals surface area (Å²) in [5.74, 6) is 1.19. The first-order valence-electron chi connectivity index (χ1n) is 8.16. The highest BCUT2D eigenvalue weighted by Crippen LogP contribution is 2.33. The van der Waals surface area contributed by atoms with Gasteiger partial charge in [0.25, 0.3) is 0 Å². The lowest BCUT2D eigenvalue weighted by atomic mass is 10.0. The Morgan fingerprint density at radius 2 is 2.14 bits per heavy atom. The first kappa shape index (κ1) is 16.5. The van der Waals surface area contributed by atoms with E-state index >= 15 is 0 Å². The molecule has 0 bridgehead atoms. The van der Waals surface area contributed by atoms with Crippen LogP contribution >= 0.6 is 11.8 Å². The number of carbonyl (C=O) groups excluding carboxylic acids is 2. The van der Waals surface area contributed by atoms with Crippen LogP contribution in [0.5, 0.6) is 0 Å². The Bertz CT molecular complexity index is 365. The van der Waals surface area contributed by atoms with Crippen molar-refractivity contribution < 1.29 is 9.59 Å². The van der Waals surface area contributed by atoms with E-state index in [-0.39, 0.29) is 18.0 Å². The molecular formula is C15H27N3O2S. The van der Waals surface area contributed by atoms with Crippen LogP contribution in [-0.2, 0) is 4.79 Å². The number of fused-ring (bicyclic) bond motifs is 1. The maximum Gasteiger partial charge on any atom is 0.315 e. The Balaban J connectivity index is 1.52. The van der Waals surface area contributed by atoms with Crippen LogP contribution in [0.1, 0.15) is 51.9 Å². The van der Waals surface area contributed by atoms with E-state index < -0.39 is 0 Å². The highest BCUT2D eigenvalue weighted by molar-refractivity contribution is 8.00. The van der Waals surface area contributed by atoms with Crippen molar-refractivity contribution in [3.8, 4) is 0 Å². The summed E-state index contributed by atoms with van der Waals surface area (Å²) >= 11 is 1.94. The molecule has 3 atom stereocenters. The second-order valence-electron chi connectivity index (χ2n) is 5.92. The van der Waals surface area contributed by atoms with Gasteiger partial charge < -0.3 is 16.0 Å².